The van der Waals surface area contributed by atoms with Crippen molar-refractivity contribution in [2.45, 2.75) is 26.4 Å². The van der Waals surface area contributed by atoms with Crippen LogP contribution in [0.4, 0.5) is 0 Å². The molecule has 0 amide bonds. The average Bonchev–Trinajstić information content (AvgIpc) is 2.80. The zero-order chi connectivity index (χ0) is 12.5. The summed E-state index contributed by atoms with van der Waals surface area (Å²) in [5.41, 5.74) is 1.18. The van der Waals surface area contributed by atoms with Crippen LogP contribution in [-0.4, -0.2) is 41.5 Å². The molecule has 0 unspecified atom stereocenters. The van der Waals surface area contributed by atoms with Gasteiger partial charge in [0.1, 0.15) is 0 Å². The number of methoxy groups -OCH3 is 1. The lowest BCUT2D eigenvalue weighted by molar-refractivity contribution is 0.145. The van der Waals surface area contributed by atoms with Gasteiger partial charge >= 0.3 is 0 Å². The molecule has 1 heterocycles. The van der Waals surface area contributed by atoms with E-state index in [0.717, 1.165) is 26.2 Å². The molecular weight excluding hydrogens is 216 g/mol. The first-order chi connectivity index (χ1) is 8.30. The topological polar surface area (TPSA) is 54.1 Å². The molecule has 5 heteroatoms. The van der Waals surface area contributed by atoms with E-state index >= 15 is 0 Å². The maximum Gasteiger partial charge on any atom is 0.0635 e. The molecule has 0 aliphatic heterocycles. The van der Waals surface area contributed by atoms with Crippen LogP contribution in [0, 0.1) is 11.3 Å². The molecule has 94 valence electrons. The van der Waals surface area contributed by atoms with E-state index in [1.165, 1.54) is 5.56 Å². The summed E-state index contributed by atoms with van der Waals surface area (Å²) in [6, 6.07) is 2.17. The second-order valence-electron chi connectivity index (χ2n) is 3.88. The lowest BCUT2D eigenvalue weighted by Gasteiger charge is -2.19. The van der Waals surface area contributed by atoms with Crippen molar-refractivity contribution in [3.05, 3.63) is 18.0 Å². The first-order valence-electron chi connectivity index (χ1n) is 5.89. The number of ether oxygens (including phenoxy) is 1. The Morgan fingerprint density at radius 3 is 2.94 bits per heavy atom. The Morgan fingerprint density at radius 2 is 2.35 bits per heavy atom. The molecule has 5 nitrogen and oxygen atoms in total. The predicted molar refractivity (Wildman–Crippen MR) is 65.3 cm³/mol. The Balaban J connectivity index is 2.48. The Morgan fingerprint density at radius 1 is 1.53 bits per heavy atom. The number of aromatic nitrogens is 2. The lowest BCUT2D eigenvalue weighted by Crippen LogP contribution is -2.27. The molecule has 0 aliphatic carbocycles. The van der Waals surface area contributed by atoms with Crippen molar-refractivity contribution in [1.82, 2.24) is 14.7 Å². The van der Waals surface area contributed by atoms with Crippen molar-refractivity contribution in [3.8, 4) is 6.07 Å². The van der Waals surface area contributed by atoms with Crippen molar-refractivity contribution in [3.63, 3.8) is 0 Å². The molecule has 1 rings (SSSR count). The molecule has 0 aromatic carbocycles. The number of hydrogen-bond acceptors (Lipinski definition) is 4. The van der Waals surface area contributed by atoms with E-state index in [2.05, 4.69) is 23.0 Å². The molecule has 17 heavy (non-hydrogen) atoms. The van der Waals surface area contributed by atoms with Crippen molar-refractivity contribution in [2.24, 2.45) is 0 Å². The Labute approximate surface area is 103 Å². The van der Waals surface area contributed by atoms with E-state index in [9.17, 15) is 0 Å². The van der Waals surface area contributed by atoms with Crippen LogP contribution in [0.15, 0.2) is 12.4 Å². The fourth-order valence-electron chi connectivity index (χ4n) is 1.62. The van der Waals surface area contributed by atoms with Gasteiger partial charge in [-0.1, -0.05) is 0 Å². The molecule has 0 saturated carbocycles. The van der Waals surface area contributed by atoms with Gasteiger partial charge in [-0.3, -0.25) is 9.58 Å². The zero-order valence-corrected chi connectivity index (χ0v) is 10.6. The van der Waals surface area contributed by atoms with Crippen LogP contribution in [0.5, 0.6) is 0 Å². The maximum absolute atomic E-state index is 8.62. The van der Waals surface area contributed by atoms with Gasteiger partial charge in [-0.25, -0.2) is 0 Å². The minimum atomic E-state index is 0.547. The molecular formula is C12H20N4O. The second kappa shape index (κ2) is 7.82. The second-order valence-corrected chi connectivity index (χ2v) is 3.88. The fourth-order valence-corrected chi connectivity index (χ4v) is 1.62. The highest BCUT2D eigenvalue weighted by molar-refractivity contribution is 5.03. The van der Waals surface area contributed by atoms with Gasteiger partial charge in [0.05, 0.1) is 18.9 Å². The van der Waals surface area contributed by atoms with Gasteiger partial charge in [-0.15, -0.1) is 0 Å². The Bertz CT molecular complexity index is 356. The van der Waals surface area contributed by atoms with Gasteiger partial charge in [0.25, 0.3) is 0 Å². The zero-order valence-electron chi connectivity index (χ0n) is 10.6. The lowest BCUT2D eigenvalue weighted by atomic mass is 10.3. The number of rotatable bonds is 8. The van der Waals surface area contributed by atoms with Crippen molar-refractivity contribution >= 4 is 0 Å². The molecule has 1 aromatic rings. The molecule has 0 fully saturated rings. The predicted octanol–water partition coefficient (Wildman–Crippen LogP) is 1.27. The van der Waals surface area contributed by atoms with Crippen LogP contribution < -0.4 is 0 Å². The van der Waals surface area contributed by atoms with E-state index in [4.69, 9.17) is 10.00 Å². The first-order valence-corrected chi connectivity index (χ1v) is 5.89. The summed E-state index contributed by atoms with van der Waals surface area (Å²) in [5, 5.41) is 12.9. The smallest absolute Gasteiger partial charge is 0.0635 e. The van der Waals surface area contributed by atoms with Crippen LogP contribution in [0.1, 0.15) is 18.9 Å². The van der Waals surface area contributed by atoms with E-state index in [1.54, 1.807) is 7.11 Å². The molecule has 0 bridgehead atoms. The highest BCUT2D eigenvalue weighted by Crippen LogP contribution is 2.04. The first kappa shape index (κ1) is 13.7. The summed E-state index contributed by atoms with van der Waals surface area (Å²) in [6.07, 6.45) is 4.48. The molecule has 0 spiro atoms. The fraction of sp³-hybridized carbons (Fsp3) is 0.667. The highest BCUT2D eigenvalue weighted by Gasteiger charge is 2.07. The normalized spacial score (nSPS) is 10.7. The van der Waals surface area contributed by atoms with Crippen LogP contribution in [0.25, 0.3) is 0 Å². The van der Waals surface area contributed by atoms with E-state index in [1.807, 2.05) is 17.1 Å². The maximum atomic E-state index is 8.62. The van der Waals surface area contributed by atoms with Gasteiger partial charge < -0.3 is 4.74 Å². The monoisotopic (exact) mass is 236 g/mol. The molecule has 1 aromatic heterocycles. The number of aryl methyl sites for hydroxylation is 1. The number of nitriles is 1. The highest BCUT2D eigenvalue weighted by atomic mass is 16.5. The van der Waals surface area contributed by atoms with Gasteiger partial charge in [0.15, 0.2) is 0 Å². The third-order valence-corrected chi connectivity index (χ3v) is 2.57. The van der Waals surface area contributed by atoms with E-state index < -0.39 is 0 Å². The Hall–Kier alpha value is -1.38. The third kappa shape index (κ3) is 4.98. The van der Waals surface area contributed by atoms with E-state index in [-0.39, 0.29) is 0 Å². The quantitative estimate of drug-likeness (QED) is 0.682. The van der Waals surface area contributed by atoms with Gasteiger partial charge in [-0.05, 0) is 6.92 Å². The molecule has 0 radical (unpaired) electrons. The Kier molecular flexibility index (Phi) is 6.30. The molecule has 0 saturated heterocycles. The van der Waals surface area contributed by atoms with Crippen molar-refractivity contribution in [2.75, 3.05) is 26.8 Å². The van der Waals surface area contributed by atoms with Crippen LogP contribution in [-0.2, 0) is 17.8 Å². The van der Waals surface area contributed by atoms with Gasteiger partial charge in [-0.2, -0.15) is 10.4 Å². The van der Waals surface area contributed by atoms with Crippen LogP contribution in [0.2, 0.25) is 0 Å². The summed E-state index contributed by atoms with van der Waals surface area (Å²) in [5.74, 6) is 0. The van der Waals surface area contributed by atoms with Crippen LogP contribution in [0.3, 0.4) is 0 Å². The summed E-state index contributed by atoms with van der Waals surface area (Å²) >= 11 is 0. The summed E-state index contributed by atoms with van der Waals surface area (Å²) in [4.78, 5) is 2.21. The number of nitrogens with zero attached hydrogens (tertiary/aromatic N) is 4. The average molecular weight is 236 g/mol. The minimum absolute atomic E-state index is 0.547. The summed E-state index contributed by atoms with van der Waals surface area (Å²) < 4.78 is 6.98. The SMILES string of the molecule is CCn1cc(CN(CCC#N)CCOC)cn1. The number of hydrogen-bond donors (Lipinski definition) is 0. The molecule has 0 atom stereocenters. The van der Waals surface area contributed by atoms with Crippen molar-refractivity contribution in [1.29, 1.82) is 5.26 Å². The standard InChI is InChI=1S/C12H20N4O/c1-3-16-11-12(9-14-16)10-15(6-4-5-13)7-8-17-2/h9,11H,3-4,6-8,10H2,1-2H3. The van der Waals surface area contributed by atoms with Gasteiger partial charge in [0.2, 0.25) is 0 Å². The molecule has 0 aliphatic rings. The largest absolute Gasteiger partial charge is 0.383 e. The minimum Gasteiger partial charge on any atom is -0.383 e. The summed E-state index contributed by atoms with van der Waals surface area (Å²) in [7, 11) is 1.69. The molecule has 0 N–H and O–H groups in total. The van der Waals surface area contributed by atoms with Crippen molar-refractivity contribution < 1.29 is 4.74 Å². The van der Waals surface area contributed by atoms with E-state index in [0.29, 0.717) is 13.0 Å². The summed E-state index contributed by atoms with van der Waals surface area (Å²) in [6.45, 7) is 6.08. The van der Waals surface area contributed by atoms with Gasteiger partial charge in [0, 0.05) is 51.5 Å². The third-order valence-electron chi connectivity index (χ3n) is 2.57. The van der Waals surface area contributed by atoms with Crippen LogP contribution >= 0.6 is 0 Å².